The third-order valence-corrected chi connectivity index (χ3v) is 6.80. The quantitative estimate of drug-likeness (QED) is 0.564. The molecule has 0 unspecified atom stereocenters. The molecule has 0 aliphatic carbocycles. The second-order valence-electron chi connectivity index (χ2n) is 7.78. The predicted octanol–water partition coefficient (Wildman–Crippen LogP) is 2.63. The zero-order chi connectivity index (χ0) is 21.1. The van der Waals surface area contributed by atoms with Gasteiger partial charge >= 0.3 is 0 Å². The Kier molecular flexibility index (Phi) is 5.99. The summed E-state index contributed by atoms with van der Waals surface area (Å²) >= 11 is 1.42. The third-order valence-electron chi connectivity index (χ3n) is 5.78. The molecule has 0 spiro atoms. The number of aliphatic hydroxyl groups excluding tert-OH is 1. The highest BCUT2D eigenvalue weighted by Crippen LogP contribution is 2.34. The first-order chi connectivity index (χ1) is 14.5. The average Bonchev–Trinajstić information content (AvgIpc) is 3.39. The largest absolute Gasteiger partial charge is 0.389 e. The number of H-pyrrole nitrogens is 1. The molecule has 1 aromatic carbocycles. The number of β-amino-alcohol motifs (C(OH)–C–C–N with tert-alkyl or cyclic N) is 1. The molecule has 0 radical (unpaired) electrons. The van der Waals surface area contributed by atoms with E-state index in [0.717, 1.165) is 35.7 Å². The van der Waals surface area contributed by atoms with Crippen LogP contribution in [0, 0.1) is 6.92 Å². The number of carbonyl (C=O) groups is 1. The van der Waals surface area contributed by atoms with E-state index in [1.54, 1.807) is 0 Å². The molecule has 1 saturated heterocycles. The van der Waals surface area contributed by atoms with Crippen molar-refractivity contribution in [1.82, 2.24) is 25.4 Å². The Labute approximate surface area is 180 Å². The molecule has 0 saturated carbocycles. The van der Waals surface area contributed by atoms with Gasteiger partial charge in [0.15, 0.2) is 0 Å². The van der Waals surface area contributed by atoms with Gasteiger partial charge in [-0.3, -0.25) is 14.8 Å². The number of rotatable bonds is 6. The van der Waals surface area contributed by atoms with Crippen molar-refractivity contribution in [3.8, 4) is 0 Å². The molecule has 30 heavy (non-hydrogen) atoms. The molecule has 1 fully saturated rings. The highest BCUT2D eigenvalue weighted by Gasteiger charge is 2.45. The summed E-state index contributed by atoms with van der Waals surface area (Å²) in [5.74, 6) is 1.45. The van der Waals surface area contributed by atoms with Crippen LogP contribution in [-0.2, 0) is 18.5 Å². The third kappa shape index (κ3) is 4.03. The number of nitrogens with one attached hydrogen (secondary N) is 2. The Morgan fingerprint density at radius 1 is 1.37 bits per heavy atom. The Balaban J connectivity index is 1.56. The fourth-order valence-corrected chi connectivity index (χ4v) is 4.89. The lowest BCUT2D eigenvalue weighted by Crippen LogP contribution is -2.61. The number of amides is 1. The topological polar surface area (TPSA) is 94.1 Å². The second-order valence-corrected chi connectivity index (χ2v) is 8.69. The van der Waals surface area contributed by atoms with Gasteiger partial charge in [0.25, 0.3) is 5.91 Å². The van der Waals surface area contributed by atoms with Gasteiger partial charge in [0, 0.05) is 19.5 Å². The van der Waals surface area contributed by atoms with Crippen molar-refractivity contribution in [2.45, 2.75) is 44.9 Å². The van der Waals surface area contributed by atoms with Crippen LogP contribution in [-0.4, -0.2) is 50.3 Å². The van der Waals surface area contributed by atoms with Crippen molar-refractivity contribution in [2.75, 3.05) is 13.1 Å². The summed E-state index contributed by atoms with van der Waals surface area (Å²) in [4.78, 5) is 20.4. The van der Waals surface area contributed by atoms with Gasteiger partial charge in [-0.25, -0.2) is 4.98 Å². The normalized spacial score (nSPS) is 22.2. The summed E-state index contributed by atoms with van der Waals surface area (Å²) in [6.07, 6.45) is 0.625. The van der Waals surface area contributed by atoms with E-state index in [1.165, 1.54) is 11.3 Å². The highest BCUT2D eigenvalue weighted by molar-refractivity contribution is 7.12. The van der Waals surface area contributed by atoms with Crippen LogP contribution >= 0.6 is 11.3 Å². The number of piperidine rings is 1. The number of carbonyl (C=O) groups excluding carboxylic acids is 1. The number of aryl methyl sites for hydroxylation is 2. The van der Waals surface area contributed by atoms with E-state index >= 15 is 0 Å². The van der Waals surface area contributed by atoms with Crippen molar-refractivity contribution < 1.29 is 9.90 Å². The summed E-state index contributed by atoms with van der Waals surface area (Å²) < 4.78 is 0. The minimum atomic E-state index is -0.832. The van der Waals surface area contributed by atoms with Gasteiger partial charge in [0.2, 0.25) is 0 Å². The first-order valence-electron chi connectivity index (χ1n) is 10.2. The molecule has 3 N–H and O–H groups in total. The molecular formula is C22H27N5O2S. The van der Waals surface area contributed by atoms with E-state index in [9.17, 15) is 9.90 Å². The molecule has 7 nitrogen and oxygen atoms in total. The molecule has 3 heterocycles. The number of benzene rings is 1. The van der Waals surface area contributed by atoms with Gasteiger partial charge < -0.3 is 10.4 Å². The minimum absolute atomic E-state index is 0.137. The average molecular weight is 426 g/mol. The number of hydrogen-bond donors (Lipinski definition) is 3. The van der Waals surface area contributed by atoms with Crippen LogP contribution in [0.2, 0.25) is 0 Å². The summed E-state index contributed by atoms with van der Waals surface area (Å²) in [5, 5.41) is 23.6. The summed E-state index contributed by atoms with van der Waals surface area (Å²) in [5.41, 5.74) is 1.04. The standard InChI is InChI=1S/C22H27N5O2S/c1-3-18-23-19(26-25-18)14-27-11-10-22(17(28)13-27,16-7-5-4-6-8-16)24-21(29)20-15(2)9-12-30-20/h4-9,12,17,28H,3,10-11,13-14H2,1-2H3,(H,24,29)(H,23,25,26)/t17-,22+/m1/s1. The van der Waals surface area contributed by atoms with Crippen molar-refractivity contribution in [3.05, 3.63) is 69.4 Å². The van der Waals surface area contributed by atoms with Crippen LogP contribution in [0.15, 0.2) is 41.8 Å². The fourth-order valence-electron chi connectivity index (χ4n) is 4.07. The smallest absolute Gasteiger partial charge is 0.262 e. The van der Waals surface area contributed by atoms with Gasteiger partial charge in [-0.05, 0) is 35.9 Å². The van der Waals surface area contributed by atoms with Gasteiger partial charge in [-0.1, -0.05) is 37.3 Å². The van der Waals surface area contributed by atoms with E-state index < -0.39 is 11.6 Å². The van der Waals surface area contributed by atoms with Gasteiger partial charge in [-0.15, -0.1) is 11.3 Å². The van der Waals surface area contributed by atoms with Crippen LogP contribution in [0.3, 0.4) is 0 Å². The molecule has 3 aromatic rings. The van der Waals surface area contributed by atoms with Crippen LogP contribution in [0.5, 0.6) is 0 Å². The number of aromatic nitrogens is 3. The Hall–Kier alpha value is -2.55. The lowest BCUT2D eigenvalue weighted by Gasteiger charge is -2.46. The van der Waals surface area contributed by atoms with E-state index in [-0.39, 0.29) is 5.91 Å². The predicted molar refractivity (Wildman–Crippen MR) is 116 cm³/mol. The number of nitrogens with zero attached hydrogens (tertiary/aromatic N) is 3. The molecule has 2 aromatic heterocycles. The monoisotopic (exact) mass is 425 g/mol. The summed E-state index contributed by atoms with van der Waals surface area (Å²) in [6, 6.07) is 11.7. The maximum Gasteiger partial charge on any atom is 0.262 e. The highest BCUT2D eigenvalue weighted by atomic mass is 32.1. The Bertz CT molecular complexity index is 1000. The Morgan fingerprint density at radius 3 is 2.80 bits per heavy atom. The van der Waals surface area contributed by atoms with Gasteiger partial charge in [-0.2, -0.15) is 5.10 Å². The second kappa shape index (κ2) is 8.67. The van der Waals surface area contributed by atoms with Gasteiger partial charge in [0.05, 0.1) is 23.1 Å². The van der Waals surface area contributed by atoms with Crippen LogP contribution in [0.25, 0.3) is 0 Å². The van der Waals surface area contributed by atoms with Crippen molar-refractivity contribution in [3.63, 3.8) is 0 Å². The lowest BCUT2D eigenvalue weighted by molar-refractivity contribution is -0.0187. The summed E-state index contributed by atoms with van der Waals surface area (Å²) in [6.45, 7) is 5.69. The van der Waals surface area contributed by atoms with Gasteiger partial charge in [0.1, 0.15) is 11.6 Å². The van der Waals surface area contributed by atoms with E-state index in [4.69, 9.17) is 0 Å². The van der Waals surface area contributed by atoms with Crippen LogP contribution in [0.1, 0.15) is 45.8 Å². The van der Waals surface area contributed by atoms with Crippen LogP contribution in [0.4, 0.5) is 0 Å². The van der Waals surface area contributed by atoms with Crippen molar-refractivity contribution in [1.29, 1.82) is 0 Å². The number of likely N-dealkylation sites (tertiary alicyclic amines) is 1. The first-order valence-corrected chi connectivity index (χ1v) is 11.1. The molecule has 1 amide bonds. The molecule has 2 atom stereocenters. The molecule has 8 heteroatoms. The number of aromatic amines is 1. The molecule has 1 aliphatic rings. The van der Waals surface area contributed by atoms with E-state index in [2.05, 4.69) is 25.4 Å². The van der Waals surface area contributed by atoms with E-state index in [0.29, 0.717) is 24.4 Å². The number of hydrogen-bond acceptors (Lipinski definition) is 6. The lowest BCUT2D eigenvalue weighted by atomic mass is 9.78. The molecular weight excluding hydrogens is 398 g/mol. The molecule has 158 valence electrons. The summed E-state index contributed by atoms with van der Waals surface area (Å²) in [7, 11) is 0. The van der Waals surface area contributed by atoms with Crippen molar-refractivity contribution >= 4 is 17.2 Å². The maximum atomic E-state index is 13.1. The fraction of sp³-hybridized carbons (Fsp3) is 0.409. The first kappa shape index (κ1) is 20.7. The molecule has 1 aliphatic heterocycles. The zero-order valence-electron chi connectivity index (χ0n) is 17.3. The minimum Gasteiger partial charge on any atom is -0.389 e. The molecule has 0 bridgehead atoms. The van der Waals surface area contributed by atoms with E-state index in [1.807, 2.05) is 55.6 Å². The number of thiophene rings is 1. The Morgan fingerprint density at radius 2 is 2.17 bits per heavy atom. The van der Waals surface area contributed by atoms with Crippen LogP contribution < -0.4 is 5.32 Å². The molecule has 4 rings (SSSR count). The zero-order valence-corrected chi connectivity index (χ0v) is 18.1. The van der Waals surface area contributed by atoms with Crippen molar-refractivity contribution in [2.24, 2.45) is 0 Å². The number of aliphatic hydroxyl groups is 1. The maximum absolute atomic E-state index is 13.1. The SMILES string of the molecule is CCc1n[nH]c(CN2CC[C@](NC(=O)c3sccc3C)(c3ccccc3)[C@H](O)C2)n1.